The molecule has 1 N–H and O–H groups in total. The van der Waals surface area contributed by atoms with E-state index in [9.17, 15) is 53.9 Å². The quantitative estimate of drug-likeness (QED) is 0.134. The number of alkyl halides is 9. The molecule has 0 radical (unpaired) electrons. The minimum absolute atomic E-state index is 0.0642. The van der Waals surface area contributed by atoms with Crippen LogP contribution in [0.5, 0.6) is 5.75 Å². The average Bonchev–Trinajstić information content (AvgIpc) is 0.835. The smallest absolute Gasteiger partial charge is 0.416 e. The van der Waals surface area contributed by atoms with E-state index >= 15 is 0 Å². The molecule has 21 heteroatoms. The molecule has 9 aromatic rings. The number of ether oxygens (including phenoxy) is 1. The molecule has 2 aliphatic rings. The Balaban J connectivity index is 0.000000167. The lowest BCUT2D eigenvalue weighted by molar-refractivity contribution is -0.138. The summed E-state index contributed by atoms with van der Waals surface area (Å²) in [6.07, 6.45) is -1.31. The Labute approximate surface area is 529 Å². The van der Waals surface area contributed by atoms with E-state index < -0.39 is 41.2 Å². The van der Waals surface area contributed by atoms with Crippen LogP contribution in [0.15, 0.2) is 186 Å². The second kappa shape index (κ2) is 27.6. The van der Waals surface area contributed by atoms with Crippen molar-refractivity contribution in [2.45, 2.75) is 64.0 Å². The van der Waals surface area contributed by atoms with Crippen LogP contribution in [0.4, 0.5) is 39.5 Å². The van der Waals surface area contributed by atoms with Crippen LogP contribution in [0.25, 0.3) is 44.5 Å². The molecule has 2 unspecified atom stereocenters. The summed E-state index contributed by atoms with van der Waals surface area (Å²) in [5, 5.41) is 8.90. The largest absolute Gasteiger partial charge is 0.495 e. The highest BCUT2D eigenvalue weighted by Gasteiger charge is 2.35. The highest BCUT2D eigenvalue weighted by atomic mass is 79.9. The van der Waals surface area contributed by atoms with Crippen LogP contribution in [0.3, 0.4) is 0 Å². The zero-order valence-electron chi connectivity index (χ0n) is 48.6. The molecule has 2 fully saturated rings. The Hall–Kier alpha value is -8.69. The molecule has 11 rings (SSSR count). The fourth-order valence-corrected chi connectivity index (χ4v) is 12.2. The zero-order valence-corrected chi connectivity index (χ0v) is 51.8. The van der Waals surface area contributed by atoms with E-state index in [0.717, 1.165) is 60.4 Å². The van der Waals surface area contributed by atoms with E-state index in [-0.39, 0.29) is 29.2 Å². The second-order valence-corrected chi connectivity index (χ2v) is 23.6. The molecule has 90 heavy (non-hydrogen) atoms. The van der Waals surface area contributed by atoms with Crippen LogP contribution < -0.4 is 4.74 Å². The summed E-state index contributed by atoms with van der Waals surface area (Å²) >= 11 is 6.66. The van der Waals surface area contributed by atoms with Crippen molar-refractivity contribution in [1.82, 2.24) is 24.8 Å². The highest BCUT2D eigenvalue weighted by molar-refractivity contribution is 9.11. The third-order valence-corrected chi connectivity index (χ3v) is 16.7. The maximum Gasteiger partial charge on any atom is 0.416 e. The molecule has 2 aliphatic heterocycles. The number of hydrogen-bond acceptors (Lipinski definition) is 7. The first kappa shape index (κ1) is 65.7. The molecule has 2 saturated heterocycles. The average molecular weight is 1370 g/mol. The van der Waals surface area contributed by atoms with Gasteiger partial charge in [-0.15, -0.1) is 0 Å². The summed E-state index contributed by atoms with van der Waals surface area (Å²) in [6, 6.07) is 35.7. The van der Waals surface area contributed by atoms with Crippen LogP contribution in [0.1, 0.15) is 100 Å². The number of amides is 2. The fraction of sp³-hybridized carbons (Fsp3) is 0.217. The summed E-state index contributed by atoms with van der Waals surface area (Å²) < 4.78 is 125. The number of likely N-dealkylation sites (tertiary alicyclic amines) is 2. The van der Waals surface area contributed by atoms with Crippen molar-refractivity contribution in [3.8, 4) is 50.3 Å². The van der Waals surface area contributed by atoms with Gasteiger partial charge in [-0.1, -0.05) is 80.4 Å². The van der Waals surface area contributed by atoms with E-state index in [1.54, 1.807) is 106 Å². The number of nitrogens with zero attached hydrogens (tertiary/aromatic N) is 5. The molecule has 0 saturated carbocycles. The summed E-state index contributed by atoms with van der Waals surface area (Å²) in [5.41, 5.74) is 6.78. The minimum atomic E-state index is -4.48. The van der Waals surface area contributed by atoms with Crippen LogP contribution in [-0.2, 0) is 18.5 Å². The van der Waals surface area contributed by atoms with Gasteiger partial charge in [0.1, 0.15) is 5.75 Å². The van der Waals surface area contributed by atoms with E-state index in [4.69, 9.17) is 9.84 Å². The first-order valence-electron chi connectivity index (χ1n) is 28.1. The Morgan fingerprint density at radius 3 is 1.29 bits per heavy atom. The van der Waals surface area contributed by atoms with Crippen LogP contribution in [0, 0.1) is 20.8 Å². The van der Waals surface area contributed by atoms with Crippen LogP contribution in [0.2, 0.25) is 0 Å². The molecule has 0 aliphatic carbocycles. The van der Waals surface area contributed by atoms with Crippen molar-refractivity contribution < 1.29 is 63.7 Å². The molecule has 0 spiro atoms. The zero-order chi connectivity index (χ0) is 64.8. The first-order valence-corrected chi connectivity index (χ1v) is 29.6. The SMILES string of the molecule is COc1cncc(-c2cc(C(=O)N3CCC(c4cccnc4)C3)ccc2-c2cc(C)cc(C(F)(F)F)c2)c1.Cc1cc(-c2ccc(C(=O)N3CCC(c4cccnc4)C3)cc2Br)cc(C(F)(F)F)c1.Cc1cc(-c2ccc(C(=O)O)cc2Br)cc(C(F)(F)F)c1. The number of carboxylic acid groups (broad SMARTS) is 1. The summed E-state index contributed by atoms with van der Waals surface area (Å²) in [7, 11) is 1.52. The Morgan fingerprint density at radius 1 is 0.478 bits per heavy atom. The number of methoxy groups -OCH3 is 1. The van der Waals surface area contributed by atoms with Crippen molar-refractivity contribution in [3.05, 3.63) is 247 Å². The number of carbonyl (C=O) groups is 3. The van der Waals surface area contributed by atoms with E-state index in [1.807, 2.05) is 46.5 Å². The van der Waals surface area contributed by atoms with Gasteiger partial charge in [0.25, 0.3) is 11.8 Å². The standard InChI is InChI=1S/C30H26F3N3O2.C24H20BrF3N2O.C15H10BrF3O2/c1-19-10-23(12-25(11-19)30(31,32)33)27-6-5-20(14-28(27)24-13-26(38-2)17-35-16-24)29(37)36-9-7-22(18-36)21-4-3-8-34-15-21;1-15-9-19(11-20(10-15)24(26,27)28)21-5-4-16(12-22(21)25)23(31)30-8-6-18(14-30)17-3-2-7-29-13-17;1-8-4-10(6-11(5-8)15(17,18)19)12-3-2-9(14(20)21)7-13(12)16/h3-6,8,10-17,22H,7,9,18H2,1-2H3;2-5,7,9-13,18H,6,8,14H2,1H3;2-7H,1H3,(H,20,21). The van der Waals surface area contributed by atoms with Gasteiger partial charge in [-0.2, -0.15) is 39.5 Å². The van der Waals surface area contributed by atoms with E-state index in [2.05, 4.69) is 46.8 Å². The maximum absolute atomic E-state index is 13.6. The van der Waals surface area contributed by atoms with Crippen molar-refractivity contribution in [3.63, 3.8) is 0 Å². The van der Waals surface area contributed by atoms with Gasteiger partial charge in [-0.05, 0) is 191 Å². The predicted octanol–water partition coefficient (Wildman–Crippen LogP) is 18.4. The normalized spacial score (nSPS) is 14.9. The van der Waals surface area contributed by atoms with Crippen molar-refractivity contribution in [2.24, 2.45) is 0 Å². The maximum atomic E-state index is 13.6. The number of hydrogen-bond donors (Lipinski definition) is 1. The van der Waals surface area contributed by atoms with Gasteiger partial charge >= 0.3 is 24.5 Å². The Bertz CT molecular complexity index is 4110. The van der Waals surface area contributed by atoms with Gasteiger partial charge in [0.05, 0.1) is 35.6 Å². The molecule has 2 amide bonds. The number of aryl methyl sites for hydroxylation is 3. The number of aromatic carboxylic acids is 1. The number of halogens is 11. The minimum Gasteiger partial charge on any atom is -0.495 e. The number of pyridine rings is 3. The second-order valence-electron chi connectivity index (χ2n) is 21.9. The van der Waals surface area contributed by atoms with Crippen molar-refractivity contribution >= 4 is 49.6 Å². The summed E-state index contributed by atoms with van der Waals surface area (Å²) in [6.45, 7) is 7.32. The lowest BCUT2D eigenvalue weighted by atomic mass is 9.91. The lowest BCUT2D eigenvalue weighted by Gasteiger charge is -2.19. The highest BCUT2D eigenvalue weighted by Crippen LogP contribution is 2.42. The number of carboxylic acids is 1. The van der Waals surface area contributed by atoms with E-state index in [0.29, 0.717) is 113 Å². The first-order chi connectivity index (χ1) is 42.6. The molecular formula is C69H56Br2F9N5O5. The van der Waals surface area contributed by atoms with Gasteiger partial charge in [0, 0.05) is 94.6 Å². The molecule has 10 nitrogen and oxygen atoms in total. The van der Waals surface area contributed by atoms with Crippen molar-refractivity contribution in [2.75, 3.05) is 33.3 Å². The van der Waals surface area contributed by atoms with E-state index in [1.165, 1.54) is 25.3 Å². The lowest BCUT2D eigenvalue weighted by Crippen LogP contribution is -2.28. The third kappa shape index (κ3) is 16.0. The number of rotatable bonds is 10. The number of benzene rings is 6. The van der Waals surface area contributed by atoms with Gasteiger partial charge in [0.2, 0.25) is 0 Å². The monoisotopic (exact) mass is 1360 g/mol. The summed E-state index contributed by atoms with van der Waals surface area (Å²) in [4.78, 5) is 53.6. The molecular weight excluding hydrogens is 1310 g/mol. The topological polar surface area (TPSA) is 126 Å². The van der Waals surface area contributed by atoms with Gasteiger partial charge in [-0.3, -0.25) is 24.5 Å². The molecule has 5 heterocycles. The molecule has 0 bridgehead atoms. The molecule has 6 aromatic carbocycles. The molecule has 3 aromatic heterocycles. The fourth-order valence-electron chi connectivity index (χ4n) is 11.0. The summed E-state index contributed by atoms with van der Waals surface area (Å²) in [5.74, 6) is -0.332. The number of aromatic nitrogens is 3. The van der Waals surface area contributed by atoms with Gasteiger partial charge in [0.15, 0.2) is 0 Å². The molecule has 2 atom stereocenters. The van der Waals surface area contributed by atoms with Crippen LogP contribution in [-0.4, -0.2) is 80.9 Å². The van der Waals surface area contributed by atoms with Crippen molar-refractivity contribution in [1.29, 1.82) is 0 Å². The van der Waals surface area contributed by atoms with Crippen LogP contribution >= 0.6 is 31.9 Å². The number of carbonyl (C=O) groups excluding carboxylic acids is 2. The molecule has 464 valence electrons. The van der Waals surface area contributed by atoms with Gasteiger partial charge in [-0.25, -0.2) is 4.79 Å². The van der Waals surface area contributed by atoms with Gasteiger partial charge < -0.3 is 19.6 Å². The third-order valence-electron chi connectivity index (χ3n) is 15.4. The predicted molar refractivity (Wildman–Crippen MR) is 332 cm³/mol. The Kier molecular flexibility index (Phi) is 20.2. The Morgan fingerprint density at radius 2 is 0.889 bits per heavy atom.